The number of ether oxygens (including phenoxy) is 1. The van der Waals surface area contributed by atoms with Crippen LogP contribution in [0.2, 0.25) is 0 Å². The van der Waals surface area contributed by atoms with Crippen molar-refractivity contribution in [2.45, 2.75) is 32.8 Å². The van der Waals surface area contributed by atoms with Crippen LogP contribution >= 0.6 is 0 Å². The molecule has 0 aliphatic rings. The molecule has 1 atom stereocenters. The fourth-order valence-electron chi connectivity index (χ4n) is 1.44. The van der Waals surface area contributed by atoms with Crippen LogP contribution in [0.1, 0.15) is 30.9 Å². The highest BCUT2D eigenvalue weighted by Crippen LogP contribution is 2.07. The largest absolute Gasteiger partial charge is 0.377 e. The first-order valence-electron chi connectivity index (χ1n) is 5.95. The van der Waals surface area contributed by atoms with E-state index in [1.807, 2.05) is 24.3 Å². The first kappa shape index (κ1) is 14.4. The van der Waals surface area contributed by atoms with Gasteiger partial charge < -0.3 is 9.29 Å². The van der Waals surface area contributed by atoms with Gasteiger partial charge in [-0.2, -0.15) is 0 Å². The molecule has 0 radical (unpaired) electrons. The zero-order valence-corrected chi connectivity index (χ0v) is 11.0. The van der Waals surface area contributed by atoms with Crippen LogP contribution < -0.4 is 0 Å². The summed E-state index contributed by atoms with van der Waals surface area (Å²) in [6.07, 6.45) is 2.89. The van der Waals surface area contributed by atoms with E-state index in [2.05, 4.69) is 6.92 Å². The van der Waals surface area contributed by atoms with Gasteiger partial charge in [-0.05, 0) is 24.0 Å². The summed E-state index contributed by atoms with van der Waals surface area (Å²) in [5, 5.41) is 0. The van der Waals surface area contributed by atoms with Gasteiger partial charge in [0.25, 0.3) is 0 Å². The van der Waals surface area contributed by atoms with Gasteiger partial charge in [0, 0.05) is 6.61 Å². The molecular weight excluding hydrogens is 236 g/mol. The van der Waals surface area contributed by atoms with E-state index in [0.717, 1.165) is 30.6 Å². The highest BCUT2D eigenvalue weighted by Gasteiger charge is 1.98. The van der Waals surface area contributed by atoms with Gasteiger partial charge in [-0.15, -0.1) is 0 Å². The Labute approximate surface area is 105 Å². The summed E-state index contributed by atoms with van der Waals surface area (Å²) in [6, 6.07) is 8.01. The lowest BCUT2D eigenvalue weighted by atomic mass is 10.1. The average Bonchev–Trinajstić information content (AvgIpc) is 2.33. The van der Waals surface area contributed by atoms with Gasteiger partial charge in [-0.25, -0.2) is 4.21 Å². The van der Waals surface area contributed by atoms with Crippen molar-refractivity contribution in [1.82, 2.24) is 0 Å². The lowest BCUT2D eigenvalue weighted by Gasteiger charge is -2.05. The molecule has 1 unspecified atom stereocenters. The lowest BCUT2D eigenvalue weighted by Crippen LogP contribution is -1.99. The second kappa shape index (κ2) is 8.39. The minimum atomic E-state index is -1.70. The molecule has 0 fully saturated rings. The van der Waals surface area contributed by atoms with Crippen LogP contribution in [0.15, 0.2) is 24.3 Å². The number of rotatable bonds is 8. The van der Waals surface area contributed by atoms with Gasteiger partial charge in [0.15, 0.2) is 11.1 Å². The highest BCUT2D eigenvalue weighted by molar-refractivity contribution is 7.79. The molecule has 4 heteroatoms. The molecule has 1 N–H and O–H groups in total. The topological polar surface area (TPSA) is 46.5 Å². The van der Waals surface area contributed by atoms with E-state index >= 15 is 0 Å². The Balaban J connectivity index is 2.31. The molecule has 0 amide bonds. The van der Waals surface area contributed by atoms with Crippen LogP contribution in [0.25, 0.3) is 0 Å². The van der Waals surface area contributed by atoms with Crippen molar-refractivity contribution >= 4 is 11.1 Å². The monoisotopic (exact) mass is 256 g/mol. The zero-order chi connectivity index (χ0) is 12.5. The van der Waals surface area contributed by atoms with Crippen molar-refractivity contribution in [1.29, 1.82) is 0 Å². The van der Waals surface area contributed by atoms with E-state index in [1.54, 1.807) is 0 Å². The molecule has 1 aromatic rings. The summed E-state index contributed by atoms with van der Waals surface area (Å²) >= 11 is -1.70. The Morgan fingerprint density at radius 3 is 2.47 bits per heavy atom. The molecule has 96 valence electrons. The molecule has 3 nitrogen and oxygen atoms in total. The smallest absolute Gasteiger partial charge is 0.153 e. The van der Waals surface area contributed by atoms with Crippen molar-refractivity contribution in [3.63, 3.8) is 0 Å². The van der Waals surface area contributed by atoms with E-state index in [4.69, 9.17) is 9.29 Å². The molecule has 17 heavy (non-hydrogen) atoms. The number of hydrogen-bond acceptors (Lipinski definition) is 2. The fourth-order valence-corrected chi connectivity index (χ4v) is 1.85. The SMILES string of the molecule is CCCCOCc1ccc(CCS(=O)O)cc1. The minimum Gasteiger partial charge on any atom is -0.377 e. The fraction of sp³-hybridized carbons (Fsp3) is 0.538. The maximum absolute atomic E-state index is 10.5. The highest BCUT2D eigenvalue weighted by atomic mass is 32.2. The Morgan fingerprint density at radius 1 is 1.24 bits per heavy atom. The molecule has 0 spiro atoms. The second-order valence-electron chi connectivity index (χ2n) is 4.00. The second-order valence-corrected chi connectivity index (χ2v) is 5.05. The normalized spacial score (nSPS) is 12.6. The van der Waals surface area contributed by atoms with E-state index in [0.29, 0.717) is 18.8 Å². The van der Waals surface area contributed by atoms with Crippen molar-refractivity contribution in [3.05, 3.63) is 35.4 Å². The van der Waals surface area contributed by atoms with E-state index in [1.165, 1.54) is 0 Å². The van der Waals surface area contributed by atoms with E-state index in [9.17, 15) is 4.21 Å². The molecule has 0 aliphatic carbocycles. The van der Waals surface area contributed by atoms with Crippen molar-refractivity contribution in [2.24, 2.45) is 0 Å². The summed E-state index contributed by atoms with van der Waals surface area (Å²) < 4.78 is 24.7. The predicted octanol–water partition coefficient (Wildman–Crippen LogP) is 2.77. The Hall–Kier alpha value is -0.710. The third kappa shape index (κ3) is 6.56. The Kier molecular flexibility index (Phi) is 7.08. The van der Waals surface area contributed by atoms with Crippen molar-refractivity contribution in [2.75, 3.05) is 12.4 Å². The van der Waals surface area contributed by atoms with Gasteiger partial charge >= 0.3 is 0 Å². The third-order valence-corrected chi connectivity index (χ3v) is 3.05. The van der Waals surface area contributed by atoms with Gasteiger partial charge in [0.1, 0.15) is 0 Å². The van der Waals surface area contributed by atoms with Gasteiger partial charge in [-0.1, -0.05) is 37.6 Å². The number of benzene rings is 1. The van der Waals surface area contributed by atoms with Gasteiger partial charge in [0.2, 0.25) is 0 Å². The van der Waals surface area contributed by atoms with Gasteiger partial charge in [-0.3, -0.25) is 0 Å². The molecule has 0 heterocycles. The molecule has 1 rings (SSSR count). The molecule has 1 aromatic carbocycles. The van der Waals surface area contributed by atoms with E-state index < -0.39 is 11.1 Å². The number of hydrogen-bond donors (Lipinski definition) is 1. The van der Waals surface area contributed by atoms with Gasteiger partial charge in [0.05, 0.1) is 12.4 Å². The summed E-state index contributed by atoms with van der Waals surface area (Å²) in [5.74, 6) is 0.298. The molecular formula is C13H20O3S. The third-order valence-electron chi connectivity index (χ3n) is 2.50. The molecule has 0 saturated carbocycles. The average molecular weight is 256 g/mol. The lowest BCUT2D eigenvalue weighted by molar-refractivity contribution is 0.118. The molecule has 0 aromatic heterocycles. The van der Waals surface area contributed by atoms with E-state index in [-0.39, 0.29) is 0 Å². The number of aryl methyl sites for hydroxylation is 1. The molecule has 0 aliphatic heterocycles. The standard InChI is InChI=1S/C13H20O3S/c1-2-3-9-16-11-13-6-4-12(5-7-13)8-10-17(14)15/h4-7H,2-3,8-11H2,1H3,(H,14,15). The summed E-state index contributed by atoms with van der Waals surface area (Å²) in [5.41, 5.74) is 2.24. The Bertz CT molecular complexity index is 335. The quantitative estimate of drug-likeness (QED) is 0.574. The maximum Gasteiger partial charge on any atom is 0.153 e. The van der Waals surface area contributed by atoms with Crippen LogP contribution in [0.4, 0.5) is 0 Å². The summed E-state index contributed by atoms with van der Waals surface area (Å²) in [4.78, 5) is 0. The van der Waals surface area contributed by atoms with Crippen LogP contribution in [0.5, 0.6) is 0 Å². The molecule has 0 bridgehead atoms. The first-order chi connectivity index (χ1) is 8.22. The number of unbranched alkanes of at least 4 members (excludes halogenated alkanes) is 1. The summed E-state index contributed by atoms with van der Waals surface area (Å²) in [6.45, 7) is 3.59. The van der Waals surface area contributed by atoms with Crippen LogP contribution in [0, 0.1) is 0 Å². The first-order valence-corrected chi connectivity index (χ1v) is 7.23. The summed E-state index contributed by atoms with van der Waals surface area (Å²) in [7, 11) is 0. The molecule has 0 saturated heterocycles. The van der Waals surface area contributed by atoms with Crippen molar-refractivity contribution < 1.29 is 13.5 Å². The van der Waals surface area contributed by atoms with Crippen LogP contribution in [-0.2, 0) is 28.8 Å². The predicted molar refractivity (Wildman–Crippen MR) is 70.3 cm³/mol. The minimum absolute atomic E-state index is 0.298. The zero-order valence-electron chi connectivity index (χ0n) is 10.2. The van der Waals surface area contributed by atoms with Crippen LogP contribution in [0.3, 0.4) is 0 Å². The Morgan fingerprint density at radius 2 is 1.88 bits per heavy atom. The van der Waals surface area contributed by atoms with Crippen LogP contribution in [-0.4, -0.2) is 21.1 Å². The van der Waals surface area contributed by atoms with Crippen molar-refractivity contribution in [3.8, 4) is 0 Å². The maximum atomic E-state index is 10.5.